The Balaban J connectivity index is 1.11. The molecule has 0 spiro atoms. The van der Waals surface area contributed by atoms with E-state index >= 15 is 0 Å². The van der Waals surface area contributed by atoms with Crippen LogP contribution in [-0.2, 0) is 0 Å². The molecule has 53 heavy (non-hydrogen) atoms. The van der Waals surface area contributed by atoms with E-state index in [1.807, 2.05) is 24.3 Å². The topological polar surface area (TPSA) is 29.5 Å². The van der Waals surface area contributed by atoms with Gasteiger partial charge in [0.25, 0.3) is 0 Å². The van der Waals surface area contributed by atoms with E-state index < -0.39 is 0 Å². The highest BCUT2D eigenvalue weighted by Gasteiger charge is 2.18. The number of fused-ring (bicyclic) bond motifs is 14. The molecule has 3 nitrogen and oxygen atoms in total. The summed E-state index contributed by atoms with van der Waals surface area (Å²) in [6.07, 6.45) is 0. The number of hydrogen-bond donors (Lipinski definition) is 0. The normalized spacial score (nSPS) is 12.2. The lowest BCUT2D eigenvalue weighted by atomic mass is 9.96. The maximum Gasteiger partial charge on any atom is 0.136 e. The molecule has 0 bridgehead atoms. The van der Waals surface area contributed by atoms with Gasteiger partial charge < -0.3 is 13.7 Å². The first-order valence-electron chi connectivity index (χ1n) is 18.1. The lowest BCUT2D eigenvalue weighted by molar-refractivity contribution is 0.668. The van der Waals surface area contributed by atoms with Gasteiger partial charge in [-0.3, -0.25) is 0 Å². The van der Waals surface area contributed by atoms with Crippen molar-refractivity contribution < 1.29 is 8.83 Å². The third-order valence-corrected chi connectivity index (χ3v) is 11.2. The molecular formula is C50H29NO2. The summed E-state index contributed by atoms with van der Waals surface area (Å²) in [5.74, 6) is 0. The van der Waals surface area contributed by atoms with Gasteiger partial charge in [0.05, 0.1) is 0 Å². The van der Waals surface area contributed by atoms with Crippen LogP contribution >= 0.6 is 0 Å². The van der Waals surface area contributed by atoms with Crippen molar-refractivity contribution in [1.29, 1.82) is 0 Å². The molecule has 0 aliphatic carbocycles. The number of para-hydroxylation sites is 2. The van der Waals surface area contributed by atoms with Crippen molar-refractivity contribution in [3.63, 3.8) is 0 Å². The highest BCUT2D eigenvalue weighted by Crippen LogP contribution is 2.43. The summed E-state index contributed by atoms with van der Waals surface area (Å²) in [4.78, 5) is 2.38. The zero-order valence-electron chi connectivity index (χ0n) is 28.5. The van der Waals surface area contributed by atoms with Crippen molar-refractivity contribution in [2.24, 2.45) is 0 Å². The Morgan fingerprint density at radius 2 is 0.698 bits per heavy atom. The number of benzene rings is 10. The van der Waals surface area contributed by atoms with E-state index in [0.717, 1.165) is 66.3 Å². The smallest absolute Gasteiger partial charge is 0.136 e. The monoisotopic (exact) mass is 675 g/mol. The van der Waals surface area contributed by atoms with E-state index in [4.69, 9.17) is 8.83 Å². The number of nitrogens with zero attached hydrogens (tertiary/aromatic N) is 1. The maximum absolute atomic E-state index is 6.28. The van der Waals surface area contributed by atoms with Crippen LogP contribution in [0.1, 0.15) is 0 Å². The van der Waals surface area contributed by atoms with E-state index in [9.17, 15) is 0 Å². The van der Waals surface area contributed by atoms with Gasteiger partial charge in [0.1, 0.15) is 22.3 Å². The molecule has 0 atom stereocenters. The molecule has 0 unspecified atom stereocenters. The summed E-state index contributed by atoms with van der Waals surface area (Å²) in [6.45, 7) is 0. The molecule has 2 aromatic heterocycles. The Morgan fingerprint density at radius 1 is 0.245 bits per heavy atom. The molecule has 0 aliphatic rings. The summed E-state index contributed by atoms with van der Waals surface area (Å²) in [5, 5.41) is 16.8. The molecule has 0 aliphatic heterocycles. The number of anilines is 3. The fraction of sp³-hybridized carbons (Fsp3) is 0. The Bertz CT molecular complexity index is 3480. The molecule has 0 saturated carbocycles. The number of hydrogen-bond acceptors (Lipinski definition) is 3. The first kappa shape index (κ1) is 28.6. The van der Waals surface area contributed by atoms with E-state index in [0.29, 0.717) is 0 Å². The van der Waals surface area contributed by atoms with Gasteiger partial charge in [0.2, 0.25) is 0 Å². The molecule has 3 heteroatoms. The average Bonchev–Trinajstić information content (AvgIpc) is 3.77. The van der Waals surface area contributed by atoms with Crippen LogP contribution in [0.15, 0.2) is 185 Å². The van der Waals surface area contributed by atoms with Gasteiger partial charge in [-0.1, -0.05) is 109 Å². The van der Waals surface area contributed by atoms with Gasteiger partial charge in [0.15, 0.2) is 0 Å². The molecule has 12 aromatic rings. The van der Waals surface area contributed by atoms with Gasteiger partial charge in [-0.15, -0.1) is 0 Å². The molecular weight excluding hydrogens is 647 g/mol. The van der Waals surface area contributed by atoms with Crippen LogP contribution in [0.4, 0.5) is 17.1 Å². The van der Waals surface area contributed by atoms with Crippen molar-refractivity contribution in [3.8, 4) is 0 Å². The van der Waals surface area contributed by atoms with Crippen LogP contribution in [0.25, 0.3) is 97.7 Å². The van der Waals surface area contributed by atoms with Gasteiger partial charge in [-0.2, -0.15) is 0 Å². The predicted molar refractivity (Wildman–Crippen MR) is 223 cm³/mol. The predicted octanol–water partition coefficient (Wildman–Crippen LogP) is 14.7. The molecule has 0 amide bonds. The first-order valence-corrected chi connectivity index (χ1v) is 18.1. The fourth-order valence-corrected chi connectivity index (χ4v) is 8.66. The Hall–Kier alpha value is -7.10. The second-order valence-electron chi connectivity index (χ2n) is 14.1. The standard InChI is InChI=1S/C50H29NO2/c1-2-8-37-30(7-1)16-21-40-38-23-19-34(25-32(38)17-22-39(37)40)51(36-20-24-49-45(28-36)41-9-3-5-11-47(41)52-49)35-18-15-31-13-14-33-26-50-46(29-44(33)43(31)27-35)42-10-4-6-12-48(42)53-50/h1-29H. The van der Waals surface area contributed by atoms with Crippen molar-refractivity contribution in [2.75, 3.05) is 4.90 Å². The minimum atomic E-state index is 0.882. The molecule has 0 radical (unpaired) electrons. The lowest BCUT2D eigenvalue weighted by Crippen LogP contribution is -2.10. The molecule has 0 N–H and O–H groups in total. The number of furan rings is 2. The van der Waals surface area contributed by atoms with Crippen LogP contribution in [0.2, 0.25) is 0 Å². The summed E-state index contributed by atoms with van der Waals surface area (Å²) in [7, 11) is 0. The molecule has 0 fully saturated rings. The molecule has 12 rings (SSSR count). The van der Waals surface area contributed by atoms with E-state index in [1.54, 1.807) is 0 Å². The second kappa shape index (κ2) is 10.7. The summed E-state index contributed by atoms with van der Waals surface area (Å²) < 4.78 is 12.5. The zero-order valence-corrected chi connectivity index (χ0v) is 28.5. The van der Waals surface area contributed by atoms with Gasteiger partial charge >= 0.3 is 0 Å². The van der Waals surface area contributed by atoms with Crippen LogP contribution in [0.5, 0.6) is 0 Å². The zero-order chi connectivity index (χ0) is 34.6. The second-order valence-corrected chi connectivity index (χ2v) is 14.1. The number of rotatable bonds is 3. The van der Waals surface area contributed by atoms with Crippen molar-refractivity contribution in [2.45, 2.75) is 0 Å². The average molecular weight is 676 g/mol. The van der Waals surface area contributed by atoms with Crippen LogP contribution in [-0.4, -0.2) is 0 Å². The summed E-state index contributed by atoms with van der Waals surface area (Å²) >= 11 is 0. The SMILES string of the molecule is c1ccc2c(c1)ccc1c3ccc(N(c4ccc5ccc6cc7oc8ccccc8c7cc6c5c4)c4ccc5oc6ccccc6c5c4)cc3ccc21. The van der Waals surface area contributed by atoms with Crippen LogP contribution in [0, 0.1) is 0 Å². The van der Waals surface area contributed by atoms with Crippen molar-refractivity contribution in [1.82, 2.24) is 0 Å². The van der Waals surface area contributed by atoms with E-state index in [1.165, 1.54) is 48.5 Å². The maximum atomic E-state index is 6.28. The largest absolute Gasteiger partial charge is 0.456 e. The van der Waals surface area contributed by atoms with Crippen molar-refractivity contribution in [3.05, 3.63) is 176 Å². The lowest BCUT2D eigenvalue weighted by Gasteiger charge is -2.26. The van der Waals surface area contributed by atoms with Crippen LogP contribution < -0.4 is 4.90 Å². The third-order valence-electron chi connectivity index (χ3n) is 11.2. The van der Waals surface area contributed by atoms with Gasteiger partial charge in [-0.25, -0.2) is 0 Å². The third kappa shape index (κ3) is 4.22. The molecule has 0 saturated heterocycles. The fourth-order valence-electron chi connectivity index (χ4n) is 8.66. The van der Waals surface area contributed by atoms with Crippen molar-refractivity contribution >= 4 is 115 Å². The van der Waals surface area contributed by atoms with E-state index in [-0.39, 0.29) is 0 Å². The Labute approximate surface area is 303 Å². The minimum absolute atomic E-state index is 0.882. The highest BCUT2D eigenvalue weighted by molar-refractivity contribution is 6.19. The summed E-state index contributed by atoms with van der Waals surface area (Å²) in [5.41, 5.74) is 6.84. The Kier molecular flexibility index (Phi) is 5.77. The van der Waals surface area contributed by atoms with Gasteiger partial charge in [-0.05, 0) is 121 Å². The summed E-state index contributed by atoms with van der Waals surface area (Å²) in [6, 6.07) is 63.5. The van der Waals surface area contributed by atoms with Crippen LogP contribution in [0.3, 0.4) is 0 Å². The minimum Gasteiger partial charge on any atom is -0.456 e. The first-order chi connectivity index (χ1) is 26.2. The highest BCUT2D eigenvalue weighted by atomic mass is 16.3. The molecule has 246 valence electrons. The molecule has 2 heterocycles. The van der Waals surface area contributed by atoms with Gasteiger partial charge in [0, 0.05) is 38.6 Å². The quantitative estimate of drug-likeness (QED) is 0.175. The Morgan fingerprint density at radius 3 is 1.51 bits per heavy atom. The van der Waals surface area contributed by atoms with E-state index in [2.05, 4.69) is 157 Å². The molecule has 10 aromatic carbocycles.